The molecule has 6 heteroatoms. The smallest absolute Gasteiger partial charge is 0.227 e. The lowest BCUT2D eigenvalue weighted by Gasteiger charge is -2.07. The van der Waals surface area contributed by atoms with E-state index >= 15 is 0 Å². The molecule has 17 heavy (non-hydrogen) atoms. The minimum absolute atomic E-state index is 0.380. The highest BCUT2D eigenvalue weighted by molar-refractivity contribution is 5.45. The number of aromatic nitrogens is 4. The lowest BCUT2D eigenvalue weighted by atomic mass is 10.0. The molecule has 0 bridgehead atoms. The standard InChI is InChI=1S/C11H15N5O/c1-2-8(6-12)5-10-15-11(16-17-10)9-7-13-3-4-14-9/h3-4,7-8H,2,5-6,12H2,1H3. The van der Waals surface area contributed by atoms with E-state index in [0.717, 1.165) is 6.42 Å². The van der Waals surface area contributed by atoms with E-state index in [1.165, 1.54) is 0 Å². The molecule has 6 nitrogen and oxygen atoms in total. The molecule has 0 aliphatic heterocycles. The molecule has 0 aliphatic rings. The summed E-state index contributed by atoms with van der Waals surface area (Å²) in [6, 6.07) is 0. The fourth-order valence-corrected chi connectivity index (χ4v) is 1.50. The summed E-state index contributed by atoms with van der Waals surface area (Å²) in [5, 5.41) is 3.88. The second kappa shape index (κ2) is 5.49. The van der Waals surface area contributed by atoms with Crippen LogP contribution < -0.4 is 5.73 Å². The molecule has 2 aromatic heterocycles. The monoisotopic (exact) mass is 233 g/mol. The van der Waals surface area contributed by atoms with Gasteiger partial charge in [-0.05, 0) is 12.5 Å². The molecule has 0 fully saturated rings. The lowest BCUT2D eigenvalue weighted by molar-refractivity contribution is 0.350. The highest BCUT2D eigenvalue weighted by Gasteiger charge is 2.13. The van der Waals surface area contributed by atoms with Gasteiger partial charge >= 0.3 is 0 Å². The Hall–Kier alpha value is -1.82. The molecular formula is C11H15N5O. The van der Waals surface area contributed by atoms with Crippen molar-refractivity contribution in [3.63, 3.8) is 0 Å². The molecule has 0 saturated carbocycles. The number of hydrogen-bond acceptors (Lipinski definition) is 6. The summed E-state index contributed by atoms with van der Waals surface area (Å²) in [5.41, 5.74) is 6.25. The molecule has 2 heterocycles. The van der Waals surface area contributed by atoms with Crippen molar-refractivity contribution in [2.45, 2.75) is 19.8 Å². The maximum absolute atomic E-state index is 5.64. The molecular weight excluding hydrogens is 218 g/mol. The molecule has 2 aromatic rings. The van der Waals surface area contributed by atoms with Gasteiger partial charge in [-0.1, -0.05) is 18.5 Å². The van der Waals surface area contributed by atoms with Crippen LogP contribution in [0.25, 0.3) is 11.5 Å². The molecule has 0 amide bonds. The van der Waals surface area contributed by atoms with Crippen molar-refractivity contribution in [1.29, 1.82) is 0 Å². The van der Waals surface area contributed by atoms with Gasteiger partial charge in [0.05, 0.1) is 6.20 Å². The average molecular weight is 233 g/mol. The fraction of sp³-hybridized carbons (Fsp3) is 0.455. The summed E-state index contributed by atoms with van der Waals surface area (Å²) in [7, 11) is 0. The number of rotatable bonds is 5. The van der Waals surface area contributed by atoms with Crippen molar-refractivity contribution in [2.75, 3.05) is 6.54 Å². The zero-order chi connectivity index (χ0) is 12.1. The third-order valence-corrected chi connectivity index (χ3v) is 2.63. The first-order valence-electron chi connectivity index (χ1n) is 5.62. The number of nitrogens with two attached hydrogens (primary N) is 1. The van der Waals surface area contributed by atoms with Crippen molar-refractivity contribution in [3.8, 4) is 11.5 Å². The molecule has 1 atom stereocenters. The lowest BCUT2D eigenvalue weighted by Crippen LogP contribution is -2.15. The predicted octanol–water partition coefficient (Wildman–Crippen LogP) is 1.05. The van der Waals surface area contributed by atoms with Crippen LogP contribution in [0.5, 0.6) is 0 Å². The van der Waals surface area contributed by atoms with Crippen LogP contribution in [0.3, 0.4) is 0 Å². The van der Waals surface area contributed by atoms with Crippen LogP contribution in [0.1, 0.15) is 19.2 Å². The van der Waals surface area contributed by atoms with E-state index in [1.807, 2.05) is 0 Å². The Morgan fingerprint density at radius 1 is 1.41 bits per heavy atom. The SMILES string of the molecule is CCC(CN)Cc1nc(-c2cnccn2)no1. The Kier molecular flexibility index (Phi) is 3.77. The van der Waals surface area contributed by atoms with E-state index in [1.54, 1.807) is 18.6 Å². The third kappa shape index (κ3) is 2.85. The Balaban J connectivity index is 2.11. The predicted molar refractivity (Wildman–Crippen MR) is 61.9 cm³/mol. The molecule has 0 aliphatic carbocycles. The van der Waals surface area contributed by atoms with Crippen molar-refractivity contribution >= 4 is 0 Å². The van der Waals surface area contributed by atoms with Crippen LogP contribution in [0.15, 0.2) is 23.1 Å². The van der Waals surface area contributed by atoms with E-state index in [9.17, 15) is 0 Å². The summed E-state index contributed by atoms with van der Waals surface area (Å²) >= 11 is 0. The van der Waals surface area contributed by atoms with Gasteiger partial charge in [0.15, 0.2) is 0 Å². The minimum Gasteiger partial charge on any atom is -0.339 e. The van der Waals surface area contributed by atoms with Gasteiger partial charge in [0.25, 0.3) is 0 Å². The van der Waals surface area contributed by atoms with Crippen LogP contribution >= 0.6 is 0 Å². The van der Waals surface area contributed by atoms with E-state index in [2.05, 4.69) is 27.0 Å². The number of hydrogen-bond donors (Lipinski definition) is 1. The van der Waals surface area contributed by atoms with Crippen molar-refractivity contribution < 1.29 is 4.52 Å². The van der Waals surface area contributed by atoms with Crippen LogP contribution in [-0.2, 0) is 6.42 Å². The zero-order valence-electron chi connectivity index (χ0n) is 9.71. The summed E-state index contributed by atoms with van der Waals surface area (Å²) in [5.74, 6) is 1.45. The Bertz CT molecular complexity index is 452. The largest absolute Gasteiger partial charge is 0.339 e. The molecule has 90 valence electrons. The van der Waals surface area contributed by atoms with Gasteiger partial charge in [-0.25, -0.2) is 4.98 Å². The average Bonchev–Trinajstić information content (AvgIpc) is 2.85. The summed E-state index contributed by atoms with van der Waals surface area (Å²) < 4.78 is 5.17. The Morgan fingerprint density at radius 3 is 2.94 bits per heavy atom. The summed E-state index contributed by atoms with van der Waals surface area (Å²) in [6.07, 6.45) is 6.51. The molecule has 0 aromatic carbocycles. The Labute approximate surface area is 99.3 Å². The molecule has 2 N–H and O–H groups in total. The van der Waals surface area contributed by atoms with Crippen LogP contribution in [0, 0.1) is 5.92 Å². The van der Waals surface area contributed by atoms with E-state index in [0.29, 0.717) is 36.3 Å². The first-order valence-corrected chi connectivity index (χ1v) is 5.62. The van der Waals surface area contributed by atoms with Crippen molar-refractivity contribution in [2.24, 2.45) is 11.7 Å². The van der Waals surface area contributed by atoms with Gasteiger partial charge in [0, 0.05) is 18.8 Å². The number of nitrogens with zero attached hydrogens (tertiary/aromatic N) is 4. The summed E-state index contributed by atoms with van der Waals surface area (Å²) in [4.78, 5) is 12.3. The van der Waals surface area contributed by atoms with Gasteiger partial charge in [-0.15, -0.1) is 0 Å². The van der Waals surface area contributed by atoms with Crippen LogP contribution in [0.4, 0.5) is 0 Å². The first kappa shape index (κ1) is 11.7. The van der Waals surface area contributed by atoms with Gasteiger partial charge in [-0.2, -0.15) is 4.98 Å². The summed E-state index contributed by atoms with van der Waals surface area (Å²) in [6.45, 7) is 2.72. The van der Waals surface area contributed by atoms with Crippen molar-refractivity contribution in [3.05, 3.63) is 24.5 Å². The molecule has 2 rings (SSSR count). The minimum atomic E-state index is 0.380. The second-order valence-corrected chi connectivity index (χ2v) is 3.82. The second-order valence-electron chi connectivity index (χ2n) is 3.82. The normalized spacial score (nSPS) is 12.6. The molecule has 0 spiro atoms. The van der Waals surface area contributed by atoms with E-state index < -0.39 is 0 Å². The highest BCUT2D eigenvalue weighted by atomic mass is 16.5. The Morgan fingerprint density at radius 2 is 2.29 bits per heavy atom. The van der Waals surface area contributed by atoms with Gasteiger partial charge in [-0.3, -0.25) is 4.98 Å². The zero-order valence-corrected chi connectivity index (χ0v) is 9.71. The maximum Gasteiger partial charge on any atom is 0.227 e. The third-order valence-electron chi connectivity index (χ3n) is 2.63. The van der Waals surface area contributed by atoms with E-state index in [4.69, 9.17) is 10.3 Å². The topological polar surface area (TPSA) is 90.7 Å². The van der Waals surface area contributed by atoms with Crippen LogP contribution in [-0.4, -0.2) is 26.7 Å². The molecule has 1 unspecified atom stereocenters. The van der Waals surface area contributed by atoms with Crippen LogP contribution in [0.2, 0.25) is 0 Å². The quantitative estimate of drug-likeness (QED) is 0.830. The first-order chi connectivity index (χ1) is 8.33. The fourth-order valence-electron chi connectivity index (χ4n) is 1.50. The van der Waals surface area contributed by atoms with Gasteiger partial charge < -0.3 is 10.3 Å². The maximum atomic E-state index is 5.64. The van der Waals surface area contributed by atoms with Gasteiger partial charge in [0.2, 0.25) is 11.7 Å². The highest BCUT2D eigenvalue weighted by Crippen LogP contribution is 2.14. The van der Waals surface area contributed by atoms with Gasteiger partial charge in [0.1, 0.15) is 5.69 Å². The molecule has 0 radical (unpaired) electrons. The molecule has 0 saturated heterocycles. The van der Waals surface area contributed by atoms with Crippen molar-refractivity contribution in [1.82, 2.24) is 20.1 Å². The van der Waals surface area contributed by atoms with E-state index in [-0.39, 0.29) is 0 Å².